The highest BCUT2D eigenvalue weighted by atomic mass is 16.5. The second-order valence-corrected chi connectivity index (χ2v) is 6.35. The summed E-state index contributed by atoms with van der Waals surface area (Å²) >= 11 is 0. The molecule has 26 heavy (non-hydrogen) atoms. The van der Waals surface area contributed by atoms with Gasteiger partial charge in [-0.25, -0.2) is 4.98 Å². The Kier molecular flexibility index (Phi) is 5.87. The molecule has 0 aliphatic carbocycles. The van der Waals surface area contributed by atoms with Crippen LogP contribution >= 0.6 is 0 Å². The second-order valence-electron chi connectivity index (χ2n) is 6.35. The Morgan fingerprint density at radius 1 is 1.04 bits per heavy atom. The molecule has 3 rings (SSSR count). The zero-order valence-corrected chi connectivity index (χ0v) is 15.1. The van der Waals surface area contributed by atoms with E-state index in [2.05, 4.69) is 41.5 Å². The Hall–Kier alpha value is -2.85. The SMILES string of the molecule is COc1cccc(-c2ccc(O)c(CNC[C@H](C)c3ccccc3)c2)n1. The predicted octanol–water partition coefficient (Wildman–Crippen LogP) is 4.36. The molecule has 0 aliphatic rings. The number of hydrogen-bond donors (Lipinski definition) is 2. The summed E-state index contributed by atoms with van der Waals surface area (Å²) in [6, 6.07) is 21.6. The molecule has 4 nitrogen and oxygen atoms in total. The van der Waals surface area contributed by atoms with Crippen LogP contribution < -0.4 is 10.1 Å². The largest absolute Gasteiger partial charge is 0.508 e. The highest BCUT2D eigenvalue weighted by Gasteiger charge is 2.08. The normalized spacial score (nSPS) is 11.9. The van der Waals surface area contributed by atoms with E-state index < -0.39 is 0 Å². The number of aromatic nitrogens is 1. The maximum atomic E-state index is 10.2. The quantitative estimate of drug-likeness (QED) is 0.666. The summed E-state index contributed by atoms with van der Waals surface area (Å²) in [5.74, 6) is 1.27. The number of nitrogens with one attached hydrogen (secondary N) is 1. The molecule has 0 spiro atoms. The first-order valence-corrected chi connectivity index (χ1v) is 8.76. The lowest BCUT2D eigenvalue weighted by Crippen LogP contribution is -2.19. The van der Waals surface area contributed by atoms with Crippen molar-refractivity contribution >= 4 is 0 Å². The highest BCUT2D eigenvalue weighted by molar-refractivity contribution is 5.62. The summed E-state index contributed by atoms with van der Waals surface area (Å²) < 4.78 is 5.19. The summed E-state index contributed by atoms with van der Waals surface area (Å²) in [4.78, 5) is 4.46. The fourth-order valence-electron chi connectivity index (χ4n) is 2.90. The molecule has 3 aromatic rings. The molecule has 0 amide bonds. The fourth-order valence-corrected chi connectivity index (χ4v) is 2.90. The van der Waals surface area contributed by atoms with Crippen LogP contribution in [0.25, 0.3) is 11.3 Å². The molecule has 0 unspecified atom stereocenters. The minimum atomic E-state index is 0.288. The van der Waals surface area contributed by atoms with Crippen molar-refractivity contribution in [3.63, 3.8) is 0 Å². The maximum absolute atomic E-state index is 10.2. The van der Waals surface area contributed by atoms with Gasteiger partial charge in [0.1, 0.15) is 5.75 Å². The van der Waals surface area contributed by atoms with Crippen molar-refractivity contribution < 1.29 is 9.84 Å². The van der Waals surface area contributed by atoms with Crippen molar-refractivity contribution in [2.75, 3.05) is 13.7 Å². The number of aromatic hydroxyl groups is 1. The molecular formula is C22H24N2O2. The van der Waals surface area contributed by atoms with E-state index in [0.29, 0.717) is 18.3 Å². The molecule has 2 aromatic carbocycles. The third kappa shape index (κ3) is 4.41. The highest BCUT2D eigenvalue weighted by Crippen LogP contribution is 2.26. The van der Waals surface area contributed by atoms with Crippen molar-refractivity contribution in [2.24, 2.45) is 0 Å². The first-order valence-electron chi connectivity index (χ1n) is 8.76. The van der Waals surface area contributed by atoms with Crippen LogP contribution in [0.4, 0.5) is 0 Å². The summed E-state index contributed by atoms with van der Waals surface area (Å²) in [7, 11) is 1.60. The predicted molar refractivity (Wildman–Crippen MR) is 104 cm³/mol. The van der Waals surface area contributed by atoms with E-state index >= 15 is 0 Å². The molecule has 134 valence electrons. The number of ether oxygens (including phenoxy) is 1. The van der Waals surface area contributed by atoms with Crippen molar-refractivity contribution in [3.8, 4) is 22.9 Å². The van der Waals surface area contributed by atoms with Gasteiger partial charge < -0.3 is 15.2 Å². The van der Waals surface area contributed by atoms with Crippen LogP contribution in [0.2, 0.25) is 0 Å². The van der Waals surface area contributed by atoms with Gasteiger partial charge in [-0.05, 0) is 35.7 Å². The number of benzene rings is 2. The Morgan fingerprint density at radius 3 is 2.62 bits per heavy atom. The smallest absolute Gasteiger partial charge is 0.213 e. The molecule has 4 heteroatoms. The third-order valence-corrected chi connectivity index (χ3v) is 4.44. The molecule has 0 radical (unpaired) electrons. The van der Waals surface area contributed by atoms with Crippen LogP contribution in [0.5, 0.6) is 11.6 Å². The van der Waals surface area contributed by atoms with Gasteiger partial charge in [-0.15, -0.1) is 0 Å². The Labute approximate surface area is 154 Å². The molecule has 1 heterocycles. The second kappa shape index (κ2) is 8.50. The molecular weight excluding hydrogens is 324 g/mol. The van der Waals surface area contributed by atoms with E-state index in [4.69, 9.17) is 4.74 Å². The summed E-state index contributed by atoms with van der Waals surface area (Å²) in [6.07, 6.45) is 0. The first-order chi connectivity index (χ1) is 12.7. The third-order valence-electron chi connectivity index (χ3n) is 4.44. The number of nitrogens with zero attached hydrogens (tertiary/aromatic N) is 1. The minimum absolute atomic E-state index is 0.288. The molecule has 0 fully saturated rings. The van der Waals surface area contributed by atoms with E-state index in [0.717, 1.165) is 23.4 Å². The number of methoxy groups -OCH3 is 1. The molecule has 2 N–H and O–H groups in total. The fraction of sp³-hybridized carbons (Fsp3) is 0.227. The lowest BCUT2D eigenvalue weighted by molar-refractivity contribution is 0.398. The number of pyridine rings is 1. The molecule has 0 aliphatic heterocycles. The number of rotatable bonds is 7. The Bertz CT molecular complexity index is 850. The van der Waals surface area contributed by atoms with Crippen molar-refractivity contribution in [1.29, 1.82) is 0 Å². The van der Waals surface area contributed by atoms with Crippen LogP contribution in [0.3, 0.4) is 0 Å². The van der Waals surface area contributed by atoms with Gasteiger partial charge >= 0.3 is 0 Å². The van der Waals surface area contributed by atoms with Crippen LogP contribution in [-0.4, -0.2) is 23.7 Å². The zero-order valence-electron chi connectivity index (χ0n) is 15.1. The molecule has 0 saturated carbocycles. The van der Waals surface area contributed by atoms with Crippen molar-refractivity contribution in [2.45, 2.75) is 19.4 Å². The monoisotopic (exact) mass is 348 g/mol. The summed E-state index contributed by atoms with van der Waals surface area (Å²) in [6.45, 7) is 3.63. The minimum Gasteiger partial charge on any atom is -0.508 e. The van der Waals surface area contributed by atoms with Crippen LogP contribution in [0, 0.1) is 0 Å². The van der Waals surface area contributed by atoms with E-state index in [9.17, 15) is 5.11 Å². The van der Waals surface area contributed by atoms with Crippen molar-refractivity contribution in [3.05, 3.63) is 77.9 Å². The maximum Gasteiger partial charge on any atom is 0.213 e. The lowest BCUT2D eigenvalue weighted by Gasteiger charge is -2.14. The van der Waals surface area contributed by atoms with Crippen LogP contribution in [0.15, 0.2) is 66.7 Å². The average molecular weight is 348 g/mol. The first kappa shape index (κ1) is 18.0. The van der Waals surface area contributed by atoms with Gasteiger partial charge in [-0.2, -0.15) is 0 Å². The van der Waals surface area contributed by atoms with Crippen LogP contribution in [0.1, 0.15) is 24.0 Å². The topological polar surface area (TPSA) is 54.4 Å². The van der Waals surface area contributed by atoms with Crippen molar-refractivity contribution in [1.82, 2.24) is 10.3 Å². The molecule has 0 bridgehead atoms. The number of phenols is 1. The van der Waals surface area contributed by atoms with Gasteiger partial charge in [0.15, 0.2) is 0 Å². The van der Waals surface area contributed by atoms with Gasteiger partial charge in [-0.3, -0.25) is 0 Å². The average Bonchev–Trinajstić information content (AvgIpc) is 2.70. The van der Waals surface area contributed by atoms with Gasteiger partial charge in [0.05, 0.1) is 12.8 Å². The zero-order chi connectivity index (χ0) is 18.4. The van der Waals surface area contributed by atoms with Gasteiger partial charge in [0.2, 0.25) is 5.88 Å². The summed E-state index contributed by atoms with van der Waals surface area (Å²) in [5.41, 5.74) is 3.93. The van der Waals surface area contributed by atoms with Gasteiger partial charge in [0.25, 0.3) is 0 Å². The van der Waals surface area contributed by atoms with E-state index in [1.807, 2.05) is 36.4 Å². The van der Waals surface area contributed by atoms with Crippen LogP contribution in [-0.2, 0) is 6.54 Å². The molecule has 0 saturated heterocycles. The molecule has 1 aromatic heterocycles. The standard InChI is InChI=1S/C22H24N2O2/c1-16(17-7-4-3-5-8-17)14-23-15-19-13-18(11-12-21(19)25)20-9-6-10-22(24-20)26-2/h3-13,16,23,25H,14-15H2,1-2H3/t16-/m0/s1. The van der Waals surface area contributed by atoms with Gasteiger partial charge in [-0.1, -0.05) is 43.3 Å². The Balaban J connectivity index is 1.68. The van der Waals surface area contributed by atoms with E-state index in [-0.39, 0.29) is 5.75 Å². The molecule has 1 atom stereocenters. The van der Waals surface area contributed by atoms with E-state index in [1.165, 1.54) is 5.56 Å². The summed E-state index contributed by atoms with van der Waals surface area (Å²) in [5, 5.41) is 13.6. The number of hydrogen-bond acceptors (Lipinski definition) is 4. The van der Waals surface area contributed by atoms with Gasteiger partial charge in [0, 0.05) is 30.3 Å². The lowest BCUT2D eigenvalue weighted by atomic mass is 10.0. The number of phenolic OH excluding ortho intramolecular Hbond substituents is 1. The Morgan fingerprint density at radius 2 is 1.85 bits per heavy atom. The van der Waals surface area contributed by atoms with E-state index in [1.54, 1.807) is 13.2 Å².